The largest absolute Gasteiger partial charge is 0.497 e. The molecule has 0 aliphatic carbocycles. The van der Waals surface area contributed by atoms with Gasteiger partial charge in [0.25, 0.3) is 11.8 Å². The highest BCUT2D eigenvalue weighted by Gasteiger charge is 2.40. The van der Waals surface area contributed by atoms with E-state index < -0.39 is 11.8 Å². The number of ether oxygens (including phenoxy) is 1. The van der Waals surface area contributed by atoms with Gasteiger partial charge in [-0.3, -0.25) is 9.59 Å². The van der Waals surface area contributed by atoms with Gasteiger partial charge in [-0.15, -0.1) is 11.8 Å². The van der Waals surface area contributed by atoms with E-state index in [0.717, 1.165) is 16.7 Å². The number of amides is 2. The highest BCUT2D eigenvalue weighted by molar-refractivity contribution is 8.04. The molecule has 0 bridgehead atoms. The predicted octanol–water partition coefficient (Wildman–Crippen LogP) is 4.01. The topological polar surface area (TPSA) is 66.8 Å². The van der Waals surface area contributed by atoms with Crippen molar-refractivity contribution in [3.63, 3.8) is 0 Å². The van der Waals surface area contributed by atoms with Gasteiger partial charge in [0.05, 0.1) is 39.9 Å². The van der Waals surface area contributed by atoms with Crippen LogP contribution in [0.25, 0.3) is 5.57 Å². The molecule has 140 valence electrons. The van der Waals surface area contributed by atoms with Crippen LogP contribution in [-0.2, 0) is 9.59 Å². The van der Waals surface area contributed by atoms with E-state index in [4.69, 9.17) is 33.0 Å². The van der Waals surface area contributed by atoms with E-state index in [1.165, 1.54) is 12.1 Å². The van der Waals surface area contributed by atoms with Gasteiger partial charge in [-0.05, 0) is 35.9 Å². The normalized spacial score (nSPS) is 14.3. The van der Waals surface area contributed by atoms with Crippen molar-refractivity contribution in [3.8, 4) is 5.75 Å². The zero-order valence-corrected chi connectivity index (χ0v) is 16.6. The van der Waals surface area contributed by atoms with Crippen molar-refractivity contribution in [3.05, 3.63) is 63.0 Å². The summed E-state index contributed by atoms with van der Waals surface area (Å²) in [4.78, 5) is 27.4. The number of rotatable bonds is 6. The van der Waals surface area contributed by atoms with Crippen molar-refractivity contribution in [2.45, 2.75) is 0 Å². The average molecular weight is 424 g/mol. The minimum Gasteiger partial charge on any atom is -0.497 e. The molecule has 0 spiro atoms. The van der Waals surface area contributed by atoms with Crippen LogP contribution in [0.2, 0.25) is 10.0 Å². The lowest BCUT2D eigenvalue weighted by molar-refractivity contribution is -0.119. The molecule has 0 aromatic heterocycles. The van der Waals surface area contributed by atoms with Gasteiger partial charge < -0.3 is 9.84 Å². The predicted molar refractivity (Wildman–Crippen MR) is 108 cm³/mol. The minimum atomic E-state index is -0.456. The Bertz CT molecular complexity index is 928. The number of hydrogen-bond acceptors (Lipinski definition) is 5. The third kappa shape index (κ3) is 3.84. The SMILES string of the molecule is COc1ccc(C2=C(SCCO)C(=O)N(c3ccc(Cl)c(Cl)c3)C2=O)cc1. The first-order valence-electron chi connectivity index (χ1n) is 7.94. The van der Waals surface area contributed by atoms with Crippen LogP contribution in [0.15, 0.2) is 47.4 Å². The van der Waals surface area contributed by atoms with E-state index in [0.29, 0.717) is 27.8 Å². The van der Waals surface area contributed by atoms with Crippen LogP contribution < -0.4 is 9.64 Å². The summed E-state index contributed by atoms with van der Waals surface area (Å²) in [5.74, 6) is 0.0251. The fourth-order valence-corrected chi connectivity index (χ4v) is 3.81. The minimum absolute atomic E-state index is 0.113. The fraction of sp³-hybridized carbons (Fsp3) is 0.158. The Kier molecular flexibility index (Phi) is 6.11. The van der Waals surface area contributed by atoms with E-state index in [2.05, 4.69) is 0 Å². The molecular formula is C19H15Cl2NO4S. The van der Waals surface area contributed by atoms with Crippen LogP contribution in [0.3, 0.4) is 0 Å². The molecule has 0 saturated heterocycles. The van der Waals surface area contributed by atoms with Crippen molar-refractivity contribution in [1.29, 1.82) is 0 Å². The van der Waals surface area contributed by atoms with Crippen molar-refractivity contribution in [1.82, 2.24) is 0 Å². The lowest BCUT2D eigenvalue weighted by Crippen LogP contribution is -2.31. The monoisotopic (exact) mass is 423 g/mol. The van der Waals surface area contributed by atoms with E-state index in [-0.39, 0.29) is 22.1 Å². The van der Waals surface area contributed by atoms with Gasteiger partial charge in [0.2, 0.25) is 0 Å². The Labute approximate surface area is 170 Å². The third-order valence-corrected chi connectivity index (χ3v) is 5.71. The van der Waals surface area contributed by atoms with Gasteiger partial charge in [-0.25, -0.2) is 4.90 Å². The Morgan fingerprint density at radius 1 is 1.04 bits per heavy atom. The smallest absolute Gasteiger partial charge is 0.272 e. The van der Waals surface area contributed by atoms with Crippen LogP contribution in [0.1, 0.15) is 5.56 Å². The molecule has 8 heteroatoms. The van der Waals surface area contributed by atoms with E-state index in [1.807, 2.05) is 0 Å². The number of carbonyl (C=O) groups excluding carboxylic acids is 2. The number of aliphatic hydroxyl groups excluding tert-OH is 1. The quantitative estimate of drug-likeness (QED) is 0.710. The van der Waals surface area contributed by atoms with Crippen LogP contribution in [0.4, 0.5) is 5.69 Å². The van der Waals surface area contributed by atoms with Crippen LogP contribution in [0.5, 0.6) is 5.75 Å². The molecule has 0 atom stereocenters. The Morgan fingerprint density at radius 3 is 2.33 bits per heavy atom. The number of benzene rings is 2. The molecular weight excluding hydrogens is 409 g/mol. The maximum Gasteiger partial charge on any atom is 0.272 e. The zero-order chi connectivity index (χ0) is 19.6. The Morgan fingerprint density at radius 2 is 1.74 bits per heavy atom. The van der Waals surface area contributed by atoms with Gasteiger partial charge in [-0.1, -0.05) is 35.3 Å². The summed E-state index contributed by atoms with van der Waals surface area (Å²) in [5, 5.41) is 9.73. The number of halogens is 2. The molecule has 0 radical (unpaired) electrons. The maximum atomic E-state index is 13.1. The number of imide groups is 1. The summed E-state index contributed by atoms with van der Waals surface area (Å²) in [6.45, 7) is -0.113. The van der Waals surface area contributed by atoms with Crippen molar-refractivity contribution < 1.29 is 19.4 Å². The van der Waals surface area contributed by atoms with Gasteiger partial charge in [0.15, 0.2) is 0 Å². The van der Waals surface area contributed by atoms with Gasteiger partial charge in [-0.2, -0.15) is 0 Å². The molecule has 1 aliphatic rings. The molecule has 1 aliphatic heterocycles. The lowest BCUT2D eigenvalue weighted by Gasteiger charge is -2.16. The second kappa shape index (κ2) is 8.35. The number of carbonyl (C=O) groups is 2. The van der Waals surface area contributed by atoms with E-state index >= 15 is 0 Å². The van der Waals surface area contributed by atoms with Crippen molar-refractivity contribution in [2.75, 3.05) is 24.4 Å². The zero-order valence-electron chi connectivity index (χ0n) is 14.2. The standard InChI is InChI=1S/C19H15Cl2NO4S/c1-26-13-5-2-11(3-6-13)16-17(27-9-8-23)19(25)22(18(16)24)12-4-7-14(20)15(21)10-12/h2-7,10,23H,8-9H2,1H3. The first-order chi connectivity index (χ1) is 13.0. The van der Waals surface area contributed by atoms with Gasteiger partial charge in [0.1, 0.15) is 5.75 Å². The van der Waals surface area contributed by atoms with Gasteiger partial charge in [0, 0.05) is 5.75 Å². The molecule has 5 nitrogen and oxygen atoms in total. The molecule has 1 N–H and O–H groups in total. The average Bonchev–Trinajstić information content (AvgIpc) is 2.92. The molecule has 0 fully saturated rings. The highest BCUT2D eigenvalue weighted by atomic mass is 35.5. The Hall–Kier alpha value is -1.99. The summed E-state index contributed by atoms with van der Waals surface area (Å²) in [6.07, 6.45) is 0. The molecule has 2 amide bonds. The van der Waals surface area contributed by atoms with Gasteiger partial charge >= 0.3 is 0 Å². The first kappa shape index (κ1) is 19.8. The molecule has 0 saturated carbocycles. The van der Waals surface area contributed by atoms with Crippen molar-refractivity contribution >= 4 is 58.0 Å². The summed E-state index contributed by atoms with van der Waals surface area (Å²) in [7, 11) is 1.55. The second-order valence-corrected chi connectivity index (χ2v) is 7.47. The summed E-state index contributed by atoms with van der Waals surface area (Å²) >= 11 is 13.1. The Balaban J connectivity index is 2.06. The van der Waals surface area contributed by atoms with Crippen LogP contribution >= 0.6 is 35.0 Å². The number of hydrogen-bond donors (Lipinski definition) is 1. The van der Waals surface area contributed by atoms with Crippen molar-refractivity contribution in [2.24, 2.45) is 0 Å². The van der Waals surface area contributed by atoms with Crippen LogP contribution in [0, 0.1) is 0 Å². The highest BCUT2D eigenvalue weighted by Crippen LogP contribution is 2.39. The summed E-state index contributed by atoms with van der Waals surface area (Å²) in [5.41, 5.74) is 1.22. The van der Waals surface area contributed by atoms with E-state index in [1.54, 1.807) is 37.4 Å². The molecule has 27 heavy (non-hydrogen) atoms. The van der Waals surface area contributed by atoms with E-state index in [9.17, 15) is 9.59 Å². The fourth-order valence-electron chi connectivity index (χ4n) is 2.66. The number of thioether (sulfide) groups is 1. The second-order valence-electron chi connectivity index (χ2n) is 5.55. The molecule has 3 rings (SSSR count). The molecule has 1 heterocycles. The summed E-state index contributed by atoms with van der Waals surface area (Å²) in [6, 6.07) is 11.5. The number of anilines is 1. The number of aliphatic hydroxyl groups is 1. The maximum absolute atomic E-state index is 13.1. The molecule has 2 aromatic rings. The number of nitrogens with zero attached hydrogens (tertiary/aromatic N) is 1. The number of methoxy groups -OCH3 is 1. The van der Waals surface area contributed by atoms with Crippen LogP contribution in [-0.4, -0.2) is 36.4 Å². The summed E-state index contributed by atoms with van der Waals surface area (Å²) < 4.78 is 5.14. The first-order valence-corrected chi connectivity index (χ1v) is 9.68. The lowest BCUT2D eigenvalue weighted by atomic mass is 10.1. The molecule has 0 unspecified atom stereocenters. The third-order valence-electron chi connectivity index (χ3n) is 3.92. The molecule has 2 aromatic carbocycles.